The lowest BCUT2D eigenvalue weighted by Crippen LogP contribution is -2.11. The molecule has 0 fully saturated rings. The third kappa shape index (κ3) is 4.91. The second kappa shape index (κ2) is 9.20. The zero-order chi connectivity index (χ0) is 20.8. The molecule has 8 heteroatoms. The van der Waals surface area contributed by atoms with Gasteiger partial charge in [0.1, 0.15) is 12.5 Å². The van der Waals surface area contributed by atoms with Gasteiger partial charge in [0, 0.05) is 28.9 Å². The van der Waals surface area contributed by atoms with Gasteiger partial charge in [0.25, 0.3) is 0 Å². The Morgan fingerprint density at radius 1 is 1.31 bits per heavy atom. The van der Waals surface area contributed by atoms with Crippen LogP contribution in [0.1, 0.15) is 24.5 Å². The van der Waals surface area contributed by atoms with Crippen LogP contribution in [-0.2, 0) is 11.4 Å². The lowest BCUT2D eigenvalue weighted by atomic mass is 9.93. The molecule has 0 aliphatic heterocycles. The van der Waals surface area contributed by atoms with E-state index < -0.39 is 6.67 Å². The summed E-state index contributed by atoms with van der Waals surface area (Å²) in [6.45, 7) is 1.45. The fourth-order valence-electron chi connectivity index (χ4n) is 3.27. The summed E-state index contributed by atoms with van der Waals surface area (Å²) >= 11 is 0. The molecule has 152 valence electrons. The molecule has 3 rings (SSSR count). The Bertz CT molecular complexity index is 970. The lowest BCUT2D eigenvalue weighted by molar-refractivity contribution is 0.245. The number of hydrogen-bond donors (Lipinski definition) is 4. The minimum atomic E-state index is -0.665. The van der Waals surface area contributed by atoms with Crippen molar-refractivity contribution in [1.82, 2.24) is 9.97 Å². The highest BCUT2D eigenvalue weighted by Crippen LogP contribution is 2.31. The van der Waals surface area contributed by atoms with Crippen molar-refractivity contribution >= 4 is 29.2 Å². The molecule has 6 N–H and O–H groups in total. The van der Waals surface area contributed by atoms with Gasteiger partial charge >= 0.3 is 0 Å². The molecule has 1 aromatic heterocycles. The molecule has 7 nitrogen and oxygen atoms in total. The van der Waals surface area contributed by atoms with E-state index in [1.165, 1.54) is 0 Å². The third-order valence-corrected chi connectivity index (χ3v) is 4.69. The van der Waals surface area contributed by atoms with Gasteiger partial charge in [-0.2, -0.15) is 4.98 Å². The molecule has 29 heavy (non-hydrogen) atoms. The van der Waals surface area contributed by atoms with Crippen LogP contribution in [0.5, 0.6) is 0 Å². The number of aromatic nitrogens is 2. The van der Waals surface area contributed by atoms with Gasteiger partial charge in [0.15, 0.2) is 0 Å². The summed E-state index contributed by atoms with van der Waals surface area (Å²) in [5, 5.41) is 3.13. The maximum atomic E-state index is 13.6. The predicted octanol–water partition coefficient (Wildman–Crippen LogP) is 4.07. The number of halogens is 1. The number of methoxy groups -OCH3 is 1. The quantitative estimate of drug-likeness (QED) is 0.412. The van der Waals surface area contributed by atoms with Crippen molar-refractivity contribution in [3.05, 3.63) is 65.1 Å². The summed E-state index contributed by atoms with van der Waals surface area (Å²) in [6, 6.07) is 5.23. The van der Waals surface area contributed by atoms with Gasteiger partial charge in [-0.25, -0.2) is 9.37 Å². The standard InChI is InChI=1S/C21H25FN6O/c1-13-9-14(4-6-18(13)29-2)3-5-15-10-17(11-16(12-22)20(15)28-24)26-19-7-8-25-21(23)27-19/h3-8,10-11,13,28H,9,12,24H2,1-2H3,(H3,23,25,26,27)/b5-3+. The first-order chi connectivity index (χ1) is 14.0. The predicted molar refractivity (Wildman–Crippen MR) is 115 cm³/mol. The van der Waals surface area contributed by atoms with Crippen LogP contribution in [0.3, 0.4) is 0 Å². The topological polar surface area (TPSA) is 111 Å². The van der Waals surface area contributed by atoms with Gasteiger partial charge in [-0.1, -0.05) is 25.2 Å². The Kier molecular flexibility index (Phi) is 6.46. The van der Waals surface area contributed by atoms with E-state index in [0.717, 1.165) is 23.3 Å². The number of ether oxygens (including phenoxy) is 1. The zero-order valence-electron chi connectivity index (χ0n) is 16.4. The van der Waals surface area contributed by atoms with Crippen molar-refractivity contribution in [2.75, 3.05) is 23.6 Å². The van der Waals surface area contributed by atoms with Gasteiger partial charge in [-0.15, -0.1) is 0 Å². The average Bonchev–Trinajstić information content (AvgIpc) is 2.72. The van der Waals surface area contributed by atoms with Gasteiger partial charge in [-0.3, -0.25) is 5.84 Å². The van der Waals surface area contributed by atoms with Gasteiger partial charge in [-0.05, 0) is 36.3 Å². The number of hydrogen-bond acceptors (Lipinski definition) is 7. The molecule has 0 saturated heterocycles. The molecule has 0 radical (unpaired) electrons. The third-order valence-electron chi connectivity index (χ3n) is 4.69. The molecule has 1 aliphatic rings. The van der Waals surface area contributed by atoms with Crippen LogP contribution in [0.4, 0.5) is 27.5 Å². The Balaban J connectivity index is 1.92. The molecule has 1 heterocycles. The molecule has 0 bridgehead atoms. The largest absolute Gasteiger partial charge is 0.501 e. The van der Waals surface area contributed by atoms with E-state index in [1.807, 2.05) is 30.4 Å². The van der Waals surface area contributed by atoms with Crippen molar-refractivity contribution in [1.29, 1.82) is 0 Å². The Morgan fingerprint density at radius 2 is 2.14 bits per heavy atom. The first kappa shape index (κ1) is 20.3. The number of anilines is 4. The van der Waals surface area contributed by atoms with Crippen molar-refractivity contribution in [3.63, 3.8) is 0 Å². The van der Waals surface area contributed by atoms with E-state index in [9.17, 15) is 4.39 Å². The van der Waals surface area contributed by atoms with Crippen LogP contribution >= 0.6 is 0 Å². The maximum Gasteiger partial charge on any atom is 0.221 e. The molecule has 2 aromatic rings. The fourth-order valence-corrected chi connectivity index (χ4v) is 3.27. The Labute approximate surface area is 169 Å². The van der Waals surface area contributed by atoms with E-state index in [2.05, 4.69) is 27.6 Å². The van der Waals surface area contributed by atoms with Gasteiger partial charge in [0.2, 0.25) is 5.95 Å². The number of alkyl halides is 1. The highest BCUT2D eigenvalue weighted by Gasteiger charge is 2.14. The van der Waals surface area contributed by atoms with Gasteiger partial charge < -0.3 is 21.2 Å². The zero-order valence-corrected chi connectivity index (χ0v) is 16.4. The number of benzene rings is 1. The number of rotatable bonds is 7. The van der Waals surface area contributed by atoms with Crippen LogP contribution in [0.2, 0.25) is 0 Å². The highest BCUT2D eigenvalue weighted by atomic mass is 19.1. The Hall–Kier alpha value is -3.39. The van der Waals surface area contributed by atoms with Crippen LogP contribution in [0, 0.1) is 5.92 Å². The summed E-state index contributed by atoms with van der Waals surface area (Å²) in [4.78, 5) is 7.98. The molecular weight excluding hydrogens is 371 g/mol. The number of nitrogens with two attached hydrogens (primary N) is 2. The number of nitrogens with one attached hydrogen (secondary N) is 2. The molecule has 0 spiro atoms. The monoisotopic (exact) mass is 396 g/mol. The number of allylic oxidation sites excluding steroid dienone is 5. The van der Waals surface area contributed by atoms with Crippen LogP contribution in [-0.4, -0.2) is 17.1 Å². The number of nitrogen functional groups attached to an aromatic ring is 2. The summed E-state index contributed by atoms with van der Waals surface area (Å²) < 4.78 is 19.0. The second-order valence-corrected chi connectivity index (χ2v) is 6.76. The maximum absolute atomic E-state index is 13.6. The molecule has 1 unspecified atom stereocenters. The van der Waals surface area contributed by atoms with E-state index in [1.54, 1.807) is 25.4 Å². The number of hydrazine groups is 1. The summed E-state index contributed by atoms with van der Waals surface area (Å²) in [5.41, 5.74) is 11.8. The first-order valence-electron chi connectivity index (χ1n) is 9.22. The molecule has 0 saturated carbocycles. The molecule has 1 aliphatic carbocycles. The van der Waals surface area contributed by atoms with Crippen molar-refractivity contribution in [2.45, 2.75) is 20.0 Å². The van der Waals surface area contributed by atoms with Crippen molar-refractivity contribution in [2.24, 2.45) is 11.8 Å². The van der Waals surface area contributed by atoms with Crippen LogP contribution in [0.25, 0.3) is 6.08 Å². The summed E-state index contributed by atoms with van der Waals surface area (Å²) in [5.74, 6) is 7.60. The second-order valence-electron chi connectivity index (χ2n) is 6.76. The minimum Gasteiger partial charge on any atom is -0.501 e. The highest BCUT2D eigenvalue weighted by molar-refractivity contribution is 5.76. The van der Waals surface area contributed by atoms with E-state index >= 15 is 0 Å². The lowest BCUT2D eigenvalue weighted by Gasteiger charge is -2.19. The fraction of sp³-hybridized carbons (Fsp3) is 0.238. The SMILES string of the molecule is COC1=CC=C(/C=C/c2cc(Nc3ccnc(N)n3)cc(CF)c2NN)CC1C. The van der Waals surface area contributed by atoms with Gasteiger partial charge in [0.05, 0.1) is 18.6 Å². The van der Waals surface area contributed by atoms with Crippen molar-refractivity contribution < 1.29 is 9.13 Å². The summed E-state index contributed by atoms with van der Waals surface area (Å²) in [6.07, 6.45) is 10.3. The molecule has 1 atom stereocenters. The van der Waals surface area contributed by atoms with Crippen LogP contribution in [0.15, 0.2) is 54.0 Å². The smallest absolute Gasteiger partial charge is 0.221 e. The molecule has 0 amide bonds. The molecular formula is C21H25FN6O. The summed E-state index contributed by atoms with van der Waals surface area (Å²) in [7, 11) is 1.68. The number of nitrogens with zero attached hydrogens (tertiary/aromatic N) is 2. The van der Waals surface area contributed by atoms with Crippen LogP contribution < -0.4 is 22.3 Å². The normalized spacial score (nSPS) is 16.3. The molecule has 1 aromatic carbocycles. The minimum absolute atomic E-state index is 0.155. The Morgan fingerprint density at radius 3 is 2.79 bits per heavy atom. The van der Waals surface area contributed by atoms with Crippen molar-refractivity contribution in [3.8, 4) is 0 Å². The van der Waals surface area contributed by atoms with E-state index in [0.29, 0.717) is 28.7 Å². The van der Waals surface area contributed by atoms with E-state index in [-0.39, 0.29) is 5.95 Å². The average molecular weight is 396 g/mol. The van der Waals surface area contributed by atoms with E-state index in [4.69, 9.17) is 16.3 Å². The first-order valence-corrected chi connectivity index (χ1v) is 9.22.